The molecule has 7 heteroatoms. The number of hydrogen-bond acceptors (Lipinski definition) is 3. The van der Waals surface area contributed by atoms with Crippen LogP contribution in [-0.4, -0.2) is 14.3 Å². The molecule has 0 amide bonds. The van der Waals surface area contributed by atoms with Crippen LogP contribution in [0.4, 0.5) is 5.69 Å². The van der Waals surface area contributed by atoms with Crippen molar-refractivity contribution < 1.29 is 8.42 Å². The molecule has 2 N–H and O–H groups in total. The van der Waals surface area contributed by atoms with Gasteiger partial charge in [0.1, 0.15) is 5.84 Å². The summed E-state index contributed by atoms with van der Waals surface area (Å²) in [6, 6.07) is 22.7. The number of hydrogen-bond donors (Lipinski definition) is 2. The summed E-state index contributed by atoms with van der Waals surface area (Å²) in [5.41, 5.74) is 5.22. The summed E-state index contributed by atoms with van der Waals surface area (Å²) in [6.45, 7) is 1.99. The van der Waals surface area contributed by atoms with E-state index in [4.69, 9.17) is 11.6 Å². The van der Waals surface area contributed by atoms with Gasteiger partial charge in [0.15, 0.2) is 0 Å². The zero-order valence-electron chi connectivity index (χ0n) is 14.6. The first-order chi connectivity index (χ1) is 12.9. The zero-order valence-corrected chi connectivity index (χ0v) is 16.1. The lowest BCUT2D eigenvalue weighted by atomic mass is 10.2. The molecule has 0 unspecified atom stereocenters. The van der Waals surface area contributed by atoms with Gasteiger partial charge in [0.05, 0.1) is 10.6 Å². The van der Waals surface area contributed by atoms with Crippen LogP contribution in [0.15, 0.2) is 88.8 Å². The minimum absolute atomic E-state index is 0.156. The van der Waals surface area contributed by atoms with Gasteiger partial charge in [-0.1, -0.05) is 47.5 Å². The molecule has 138 valence electrons. The molecule has 0 bridgehead atoms. The van der Waals surface area contributed by atoms with Gasteiger partial charge in [-0.3, -0.25) is 5.43 Å². The Bertz CT molecular complexity index is 1030. The number of sulfonamides is 1. The highest BCUT2D eigenvalue weighted by Gasteiger charge is 2.14. The number of nitrogens with one attached hydrogen (secondary N) is 2. The number of nitrogens with zero attached hydrogens (tertiary/aromatic N) is 1. The third-order valence-corrected chi connectivity index (χ3v) is 5.27. The minimum atomic E-state index is -3.74. The van der Waals surface area contributed by atoms with Crippen LogP contribution in [0.3, 0.4) is 0 Å². The summed E-state index contributed by atoms with van der Waals surface area (Å²) in [5, 5.41) is 0.582. The number of aryl methyl sites for hydroxylation is 1. The minimum Gasteiger partial charge on any atom is -0.291 e. The number of rotatable bonds is 5. The SMILES string of the molecule is Cc1ccc(N=C(NNS(=O)(=O)c2ccccc2)c2ccc(Cl)cc2)cc1. The molecule has 0 heterocycles. The van der Waals surface area contributed by atoms with Crippen LogP contribution in [0.2, 0.25) is 5.02 Å². The zero-order chi connectivity index (χ0) is 19.3. The average molecular weight is 400 g/mol. The van der Waals surface area contributed by atoms with Gasteiger partial charge in [-0.05, 0) is 55.5 Å². The molecule has 3 rings (SSSR count). The van der Waals surface area contributed by atoms with Gasteiger partial charge >= 0.3 is 0 Å². The van der Waals surface area contributed by atoms with E-state index in [2.05, 4.69) is 15.2 Å². The van der Waals surface area contributed by atoms with E-state index >= 15 is 0 Å². The van der Waals surface area contributed by atoms with Gasteiger partial charge in [0, 0.05) is 10.6 Å². The van der Waals surface area contributed by atoms with E-state index in [1.165, 1.54) is 12.1 Å². The summed E-state index contributed by atoms with van der Waals surface area (Å²) in [7, 11) is -3.74. The Morgan fingerprint density at radius 3 is 2.15 bits per heavy atom. The van der Waals surface area contributed by atoms with Crippen LogP contribution in [0.5, 0.6) is 0 Å². The maximum absolute atomic E-state index is 12.5. The fourth-order valence-corrected chi connectivity index (χ4v) is 3.29. The lowest BCUT2D eigenvalue weighted by Gasteiger charge is -2.12. The fourth-order valence-electron chi connectivity index (χ4n) is 2.29. The molecule has 0 fully saturated rings. The molecular formula is C20H18ClN3O2S. The third-order valence-electron chi connectivity index (χ3n) is 3.75. The smallest absolute Gasteiger partial charge is 0.257 e. The number of amidine groups is 1. The van der Waals surface area contributed by atoms with Crippen LogP contribution < -0.4 is 10.3 Å². The van der Waals surface area contributed by atoms with E-state index in [0.29, 0.717) is 22.1 Å². The molecule has 27 heavy (non-hydrogen) atoms. The Hall–Kier alpha value is -2.67. The first kappa shape index (κ1) is 19.1. The largest absolute Gasteiger partial charge is 0.291 e. The Labute approximate surface area is 163 Å². The second kappa shape index (κ2) is 8.35. The molecule has 0 saturated carbocycles. The summed E-state index contributed by atoms with van der Waals surface area (Å²) in [6.07, 6.45) is 0. The summed E-state index contributed by atoms with van der Waals surface area (Å²) in [4.78, 5) is 7.07. The Balaban J connectivity index is 1.90. The highest BCUT2D eigenvalue weighted by molar-refractivity contribution is 7.89. The molecule has 0 saturated heterocycles. The predicted octanol–water partition coefficient (Wildman–Crippen LogP) is 4.21. The highest BCUT2D eigenvalue weighted by atomic mass is 35.5. The van der Waals surface area contributed by atoms with Crippen molar-refractivity contribution in [1.29, 1.82) is 0 Å². The standard InChI is InChI=1S/C20H18ClN3O2S/c1-15-7-13-18(14-8-15)22-20(16-9-11-17(21)12-10-16)23-24-27(25,26)19-5-3-2-4-6-19/h2-14,24H,1H3,(H,22,23). The topological polar surface area (TPSA) is 70.6 Å². The van der Waals surface area contributed by atoms with Crippen LogP contribution in [0.1, 0.15) is 11.1 Å². The third kappa shape index (κ3) is 5.17. The van der Waals surface area contributed by atoms with Crippen LogP contribution in [-0.2, 0) is 10.0 Å². The van der Waals surface area contributed by atoms with Crippen LogP contribution >= 0.6 is 11.6 Å². The van der Waals surface area contributed by atoms with Gasteiger partial charge < -0.3 is 0 Å². The lowest BCUT2D eigenvalue weighted by molar-refractivity contribution is 0.577. The van der Waals surface area contributed by atoms with Crippen molar-refractivity contribution in [1.82, 2.24) is 10.3 Å². The molecule has 0 aliphatic carbocycles. The average Bonchev–Trinajstić information content (AvgIpc) is 2.68. The van der Waals surface area contributed by atoms with Crippen LogP contribution in [0.25, 0.3) is 0 Å². The van der Waals surface area contributed by atoms with Gasteiger partial charge in [0.2, 0.25) is 0 Å². The Kier molecular flexibility index (Phi) is 5.91. The van der Waals surface area contributed by atoms with Gasteiger partial charge in [-0.2, -0.15) is 0 Å². The number of hydrazine groups is 1. The summed E-state index contributed by atoms with van der Waals surface area (Å²) >= 11 is 5.95. The van der Waals surface area contributed by atoms with Crippen molar-refractivity contribution >= 4 is 33.1 Å². The fraction of sp³-hybridized carbons (Fsp3) is 0.0500. The number of aliphatic imine (C=N–C) groups is 1. The molecule has 3 aromatic carbocycles. The van der Waals surface area contributed by atoms with Crippen molar-refractivity contribution in [3.63, 3.8) is 0 Å². The van der Waals surface area contributed by atoms with Gasteiger partial charge in [-0.15, -0.1) is 4.83 Å². The van der Waals surface area contributed by atoms with E-state index in [9.17, 15) is 8.42 Å². The molecule has 0 aliphatic rings. The Morgan fingerprint density at radius 1 is 0.889 bits per heavy atom. The van der Waals surface area contributed by atoms with Crippen molar-refractivity contribution in [3.05, 3.63) is 95.0 Å². The predicted molar refractivity (Wildman–Crippen MR) is 109 cm³/mol. The maximum atomic E-state index is 12.5. The van der Waals surface area contributed by atoms with Crippen LogP contribution in [0, 0.1) is 6.92 Å². The van der Waals surface area contributed by atoms with E-state index in [1.54, 1.807) is 42.5 Å². The first-order valence-electron chi connectivity index (χ1n) is 8.18. The van der Waals surface area contributed by atoms with Gasteiger partial charge in [0.25, 0.3) is 10.0 Å². The second-order valence-corrected chi connectivity index (χ2v) is 7.97. The normalized spacial score (nSPS) is 12.0. The van der Waals surface area contributed by atoms with Crippen molar-refractivity contribution in [2.45, 2.75) is 11.8 Å². The molecule has 0 spiro atoms. The molecule has 0 atom stereocenters. The highest BCUT2D eigenvalue weighted by Crippen LogP contribution is 2.16. The number of halogens is 1. The molecule has 3 aromatic rings. The maximum Gasteiger partial charge on any atom is 0.257 e. The van der Waals surface area contributed by atoms with Crippen molar-refractivity contribution in [3.8, 4) is 0 Å². The van der Waals surface area contributed by atoms with E-state index in [0.717, 1.165) is 5.56 Å². The van der Waals surface area contributed by atoms with E-state index in [1.807, 2.05) is 31.2 Å². The molecule has 0 aromatic heterocycles. The molecule has 0 radical (unpaired) electrons. The monoisotopic (exact) mass is 399 g/mol. The number of benzene rings is 3. The first-order valence-corrected chi connectivity index (χ1v) is 10.0. The van der Waals surface area contributed by atoms with Gasteiger partial charge in [-0.25, -0.2) is 13.4 Å². The summed E-state index contributed by atoms with van der Waals surface area (Å²) < 4.78 is 24.9. The molecular weight excluding hydrogens is 382 g/mol. The van der Waals surface area contributed by atoms with E-state index < -0.39 is 10.0 Å². The molecule has 5 nitrogen and oxygen atoms in total. The molecule has 0 aliphatic heterocycles. The van der Waals surface area contributed by atoms with Crippen molar-refractivity contribution in [2.24, 2.45) is 4.99 Å². The van der Waals surface area contributed by atoms with E-state index in [-0.39, 0.29) is 4.90 Å². The Morgan fingerprint density at radius 2 is 1.52 bits per heavy atom. The summed E-state index contributed by atoms with van der Waals surface area (Å²) in [5.74, 6) is 0.357. The second-order valence-electron chi connectivity index (χ2n) is 5.85. The lowest BCUT2D eigenvalue weighted by Crippen LogP contribution is -2.41. The van der Waals surface area contributed by atoms with Crippen molar-refractivity contribution in [2.75, 3.05) is 0 Å². The quantitative estimate of drug-likeness (QED) is 0.383.